The van der Waals surface area contributed by atoms with E-state index in [1.807, 2.05) is 115 Å². The van der Waals surface area contributed by atoms with Gasteiger partial charge in [-0.2, -0.15) is 12.1 Å². The van der Waals surface area contributed by atoms with Gasteiger partial charge in [0.25, 0.3) is 12.7 Å². The van der Waals surface area contributed by atoms with Crippen LogP contribution in [0.1, 0.15) is 0 Å². The second-order valence-electron chi connectivity index (χ2n) is 12.5. The van der Waals surface area contributed by atoms with E-state index < -0.39 is 0 Å². The van der Waals surface area contributed by atoms with Crippen LogP contribution in [-0.2, 0) is 42.1 Å². The summed E-state index contributed by atoms with van der Waals surface area (Å²) in [5, 5.41) is 0. The quantitative estimate of drug-likeness (QED) is 0.109. The van der Waals surface area contributed by atoms with Crippen molar-refractivity contribution in [1.82, 2.24) is 29.1 Å². The molecule has 58 heavy (non-hydrogen) atoms. The third-order valence-electron chi connectivity index (χ3n) is 8.92. The first-order valence-corrected chi connectivity index (χ1v) is 17.6. The van der Waals surface area contributed by atoms with Gasteiger partial charge in [-0.25, -0.2) is 0 Å². The summed E-state index contributed by atoms with van der Waals surface area (Å²) >= 11 is 0. The Kier molecular flexibility index (Phi) is 11.1. The summed E-state index contributed by atoms with van der Waals surface area (Å²) in [5.41, 5.74) is 8.02. The summed E-state index contributed by atoms with van der Waals surface area (Å²) in [6.07, 6.45) is 16.8. The summed E-state index contributed by atoms with van der Waals surface area (Å²) in [4.78, 5) is 17.9. The molecule has 0 N–H and O–H groups in total. The Labute approximate surface area is 362 Å². The van der Waals surface area contributed by atoms with E-state index in [-0.39, 0.29) is 42.1 Å². The predicted octanol–water partition coefficient (Wildman–Crippen LogP) is 7.76. The SMILES string of the molecule is [Pt].[Pt].[c-]1c(Oc2[c-]c(-c3[c-]c(Oc4[c-]c(-[n+]5[c-]n(-c6ccccc6)c6ccccc65)cnc4)ccn3)ncc2)cncc1-[n+]1[c-]n(-c2ccccc2)c2ccccc21. The molecule has 0 aliphatic carbocycles. The molecule has 6 heterocycles. The summed E-state index contributed by atoms with van der Waals surface area (Å²) in [7, 11) is 0. The maximum atomic E-state index is 6.21. The van der Waals surface area contributed by atoms with Crippen LogP contribution < -0.4 is 18.6 Å². The number of fused-ring (bicyclic) bond motifs is 2. The van der Waals surface area contributed by atoms with Gasteiger partial charge in [0.1, 0.15) is 0 Å². The molecule has 0 amide bonds. The Morgan fingerprint density at radius 1 is 0.431 bits per heavy atom. The molecule has 0 aliphatic heterocycles. The third kappa shape index (κ3) is 7.60. The Morgan fingerprint density at radius 3 is 1.29 bits per heavy atom. The van der Waals surface area contributed by atoms with Gasteiger partial charge in [0, 0.05) is 65.1 Å². The second-order valence-corrected chi connectivity index (χ2v) is 12.5. The van der Waals surface area contributed by atoms with Gasteiger partial charge in [-0.1, -0.05) is 97.3 Å². The molecule has 10 aromatic rings. The molecule has 0 atom stereocenters. The minimum atomic E-state index is 0. The van der Waals surface area contributed by atoms with Crippen LogP contribution in [-0.4, -0.2) is 29.1 Å². The molecular formula is C46H26N8O2Pt2-4. The fraction of sp³-hybridized carbons (Fsp3) is 0. The summed E-state index contributed by atoms with van der Waals surface area (Å²) in [5.74, 6) is 1.60. The first-order chi connectivity index (χ1) is 27.7. The van der Waals surface area contributed by atoms with Gasteiger partial charge >= 0.3 is 0 Å². The Morgan fingerprint density at radius 2 is 0.845 bits per heavy atom. The van der Waals surface area contributed by atoms with Crippen LogP contribution >= 0.6 is 0 Å². The first kappa shape index (κ1) is 38.3. The van der Waals surface area contributed by atoms with E-state index in [0.29, 0.717) is 45.8 Å². The van der Waals surface area contributed by atoms with Crippen molar-refractivity contribution in [3.63, 3.8) is 0 Å². The average molecular weight is 1110 g/mol. The molecule has 286 valence electrons. The van der Waals surface area contributed by atoms with Gasteiger partial charge in [0.05, 0.1) is 33.4 Å². The molecule has 10 nitrogen and oxygen atoms in total. The number of pyridine rings is 4. The molecule has 12 heteroatoms. The molecule has 0 aliphatic rings. The number of aromatic nitrogens is 8. The van der Waals surface area contributed by atoms with E-state index >= 15 is 0 Å². The van der Waals surface area contributed by atoms with Crippen LogP contribution in [0.2, 0.25) is 0 Å². The van der Waals surface area contributed by atoms with Crippen LogP contribution in [0.3, 0.4) is 0 Å². The summed E-state index contributed by atoms with van der Waals surface area (Å²) < 4.78 is 20.3. The van der Waals surface area contributed by atoms with E-state index in [1.165, 1.54) is 0 Å². The van der Waals surface area contributed by atoms with Crippen LogP contribution in [0.4, 0.5) is 0 Å². The number of hydrogen-bond acceptors (Lipinski definition) is 6. The topological polar surface area (TPSA) is 87.6 Å². The van der Waals surface area contributed by atoms with Crippen LogP contribution in [0.25, 0.3) is 56.2 Å². The van der Waals surface area contributed by atoms with E-state index in [2.05, 4.69) is 69.0 Å². The molecule has 0 unspecified atom stereocenters. The van der Waals surface area contributed by atoms with Gasteiger partial charge in [-0.05, 0) is 60.4 Å². The van der Waals surface area contributed by atoms with Gasteiger partial charge in [-0.3, -0.25) is 9.13 Å². The Hall–Kier alpha value is -6.60. The molecule has 10 rings (SSSR count). The third-order valence-corrected chi connectivity index (χ3v) is 8.92. The average Bonchev–Trinajstić information content (AvgIpc) is 3.85. The van der Waals surface area contributed by atoms with Crippen molar-refractivity contribution in [2.24, 2.45) is 0 Å². The summed E-state index contributed by atoms with van der Waals surface area (Å²) in [6, 6.07) is 52.8. The minimum Gasteiger partial charge on any atom is -0.509 e. The van der Waals surface area contributed by atoms with E-state index in [0.717, 1.165) is 33.4 Å². The predicted molar refractivity (Wildman–Crippen MR) is 206 cm³/mol. The number of hydrogen-bond donors (Lipinski definition) is 0. The zero-order chi connectivity index (χ0) is 37.3. The molecule has 0 bridgehead atoms. The molecule has 0 saturated heterocycles. The largest absolute Gasteiger partial charge is 0.509 e. The molecule has 4 aromatic carbocycles. The minimum absolute atomic E-state index is 0. The molecule has 0 radical (unpaired) electrons. The van der Waals surface area contributed by atoms with Gasteiger partial charge in [0.15, 0.2) is 0 Å². The van der Waals surface area contributed by atoms with Crippen molar-refractivity contribution in [2.75, 3.05) is 0 Å². The van der Waals surface area contributed by atoms with Gasteiger partial charge in [-0.15, -0.1) is 35.7 Å². The molecular weight excluding hydrogens is 1090 g/mol. The monoisotopic (exact) mass is 1110 g/mol. The van der Waals surface area contributed by atoms with Gasteiger partial charge in [0.2, 0.25) is 0 Å². The number of benzene rings is 4. The van der Waals surface area contributed by atoms with Crippen LogP contribution in [0, 0.1) is 36.9 Å². The number of nitrogens with zero attached hydrogens (tertiary/aromatic N) is 8. The second kappa shape index (κ2) is 16.9. The maximum absolute atomic E-state index is 6.21. The van der Waals surface area contributed by atoms with E-state index in [1.54, 1.807) is 49.3 Å². The molecule has 6 aromatic heterocycles. The zero-order valence-corrected chi connectivity index (χ0v) is 34.6. The Balaban J connectivity index is 0.00000235. The number of ether oxygens (including phenoxy) is 2. The van der Waals surface area contributed by atoms with Crippen molar-refractivity contribution in [2.45, 2.75) is 0 Å². The fourth-order valence-corrected chi connectivity index (χ4v) is 6.42. The number of para-hydroxylation sites is 6. The fourth-order valence-electron chi connectivity index (χ4n) is 6.42. The molecule has 0 fully saturated rings. The normalized spacial score (nSPS) is 10.8. The van der Waals surface area contributed by atoms with Crippen molar-refractivity contribution >= 4 is 22.1 Å². The molecule has 0 saturated carbocycles. The number of imidazole rings is 2. The van der Waals surface area contributed by atoms with Crippen molar-refractivity contribution in [3.05, 3.63) is 195 Å². The van der Waals surface area contributed by atoms with Crippen molar-refractivity contribution in [1.29, 1.82) is 0 Å². The standard InChI is InChI=1S/C46H26N8O2.2Pt/c1-3-11-33(12-4-1)51-31-53(45-17-9-7-15-43(45)51)35-23-39(29-47-27-35)55-37-19-21-49-41(25-37)42-26-38(20-22-50-42)56-40-24-36(28-48-30-40)54-32-52(34-13-5-2-6-14-34)44-16-8-10-18-46(44)54;;/h1-22,27-30H;;/q-4;;. The van der Waals surface area contributed by atoms with E-state index in [9.17, 15) is 0 Å². The first-order valence-electron chi connectivity index (χ1n) is 17.6. The van der Waals surface area contributed by atoms with Crippen molar-refractivity contribution in [3.8, 4) is 57.1 Å². The maximum Gasteiger partial charge on any atom is 0.268 e. The van der Waals surface area contributed by atoms with E-state index in [4.69, 9.17) is 9.47 Å². The smallest absolute Gasteiger partial charge is 0.268 e. The number of rotatable bonds is 9. The summed E-state index contributed by atoms with van der Waals surface area (Å²) in [6.45, 7) is 0. The zero-order valence-electron chi connectivity index (χ0n) is 30.0. The Bertz CT molecular complexity index is 2810. The van der Waals surface area contributed by atoms with Crippen molar-refractivity contribution < 1.29 is 60.7 Å². The van der Waals surface area contributed by atoms with Gasteiger partial charge < -0.3 is 38.5 Å². The molecule has 0 spiro atoms. The van der Waals surface area contributed by atoms with Crippen LogP contribution in [0.5, 0.6) is 23.0 Å². The van der Waals surface area contributed by atoms with Crippen LogP contribution in [0.15, 0.2) is 159 Å².